The first-order valence-corrected chi connectivity index (χ1v) is 7.00. The zero-order valence-corrected chi connectivity index (χ0v) is 12.3. The third-order valence-corrected chi connectivity index (χ3v) is 3.92. The van der Waals surface area contributed by atoms with E-state index >= 15 is 0 Å². The van der Waals surface area contributed by atoms with Crippen molar-refractivity contribution >= 4 is 28.5 Å². The van der Waals surface area contributed by atoms with E-state index in [4.69, 9.17) is 11.6 Å². The summed E-state index contributed by atoms with van der Waals surface area (Å²) in [6.45, 7) is 2.54. The molecule has 1 aromatic heterocycles. The van der Waals surface area contributed by atoms with Crippen molar-refractivity contribution in [2.45, 2.75) is 13.5 Å². The average molecular weight is 300 g/mol. The zero-order valence-electron chi connectivity index (χ0n) is 11.5. The van der Waals surface area contributed by atoms with E-state index in [9.17, 15) is 9.90 Å². The highest BCUT2D eigenvalue weighted by atomic mass is 35.5. The number of hydrogen-bond acceptors (Lipinski definition) is 1. The number of aromatic carboxylic acids is 1. The van der Waals surface area contributed by atoms with Gasteiger partial charge in [0.2, 0.25) is 0 Å². The van der Waals surface area contributed by atoms with Crippen molar-refractivity contribution in [2.24, 2.45) is 0 Å². The molecule has 3 aromatic rings. The van der Waals surface area contributed by atoms with Crippen LogP contribution in [0.25, 0.3) is 10.9 Å². The van der Waals surface area contributed by atoms with Crippen LogP contribution < -0.4 is 0 Å². The molecule has 1 heterocycles. The lowest BCUT2D eigenvalue weighted by molar-refractivity contribution is 0.0699. The molecule has 0 saturated heterocycles. The van der Waals surface area contributed by atoms with Gasteiger partial charge in [-0.3, -0.25) is 0 Å². The lowest BCUT2D eigenvalue weighted by atomic mass is 10.1. The number of fused-ring (bicyclic) bond motifs is 1. The first kappa shape index (κ1) is 13.7. The second-order valence-electron chi connectivity index (χ2n) is 5.09. The molecule has 3 rings (SSSR count). The minimum atomic E-state index is -0.917. The minimum Gasteiger partial charge on any atom is -0.478 e. The molecule has 0 radical (unpaired) electrons. The largest absolute Gasteiger partial charge is 0.478 e. The third kappa shape index (κ3) is 2.52. The monoisotopic (exact) mass is 299 g/mol. The fourth-order valence-electron chi connectivity index (χ4n) is 2.51. The molecular weight excluding hydrogens is 286 g/mol. The molecular formula is C17H14ClNO2. The number of aryl methyl sites for hydroxylation is 1. The van der Waals surface area contributed by atoms with Gasteiger partial charge in [-0.1, -0.05) is 41.9 Å². The summed E-state index contributed by atoms with van der Waals surface area (Å²) in [5.41, 5.74) is 3.28. The van der Waals surface area contributed by atoms with E-state index in [1.54, 1.807) is 6.20 Å². The molecule has 0 fully saturated rings. The van der Waals surface area contributed by atoms with Crippen LogP contribution in [0.5, 0.6) is 0 Å². The summed E-state index contributed by atoms with van der Waals surface area (Å²) in [4.78, 5) is 11.4. The molecule has 0 bridgehead atoms. The van der Waals surface area contributed by atoms with Crippen molar-refractivity contribution in [3.8, 4) is 0 Å². The molecule has 0 amide bonds. The van der Waals surface area contributed by atoms with E-state index in [-0.39, 0.29) is 0 Å². The number of para-hydroxylation sites is 1. The van der Waals surface area contributed by atoms with Crippen LogP contribution in [0, 0.1) is 6.92 Å². The van der Waals surface area contributed by atoms with Crippen LogP contribution >= 0.6 is 11.6 Å². The molecule has 1 N–H and O–H groups in total. The lowest BCUT2D eigenvalue weighted by Gasteiger charge is -2.08. The summed E-state index contributed by atoms with van der Waals surface area (Å²) in [6, 6.07) is 13.4. The first-order valence-electron chi connectivity index (χ1n) is 6.62. The van der Waals surface area contributed by atoms with E-state index in [1.807, 2.05) is 54.0 Å². The Hall–Kier alpha value is -2.26. The fraction of sp³-hybridized carbons (Fsp3) is 0.118. The molecule has 4 heteroatoms. The summed E-state index contributed by atoms with van der Waals surface area (Å²) >= 11 is 6.27. The molecule has 0 aliphatic heterocycles. The van der Waals surface area contributed by atoms with Gasteiger partial charge in [-0.15, -0.1) is 0 Å². The van der Waals surface area contributed by atoms with E-state index in [1.165, 1.54) is 0 Å². The summed E-state index contributed by atoms with van der Waals surface area (Å²) < 4.78 is 1.93. The number of benzene rings is 2. The Balaban J connectivity index is 2.10. The number of carboxylic acids is 1. The van der Waals surface area contributed by atoms with E-state index < -0.39 is 5.97 Å². The van der Waals surface area contributed by atoms with Crippen molar-refractivity contribution in [2.75, 3.05) is 0 Å². The van der Waals surface area contributed by atoms with Gasteiger partial charge in [0.25, 0.3) is 0 Å². The number of nitrogens with zero attached hydrogens (tertiary/aromatic N) is 1. The fourth-order valence-corrected chi connectivity index (χ4v) is 2.81. The van der Waals surface area contributed by atoms with Crippen LogP contribution in [-0.4, -0.2) is 15.6 Å². The second kappa shape index (κ2) is 5.26. The number of halogens is 1. The summed E-state index contributed by atoms with van der Waals surface area (Å²) in [5.74, 6) is -0.917. The average Bonchev–Trinajstić information content (AvgIpc) is 2.81. The van der Waals surface area contributed by atoms with E-state index in [0.717, 1.165) is 22.0 Å². The van der Waals surface area contributed by atoms with Crippen LogP contribution in [0.15, 0.2) is 48.7 Å². The minimum absolute atomic E-state index is 0.314. The van der Waals surface area contributed by atoms with Gasteiger partial charge >= 0.3 is 5.97 Å². The summed E-state index contributed by atoms with van der Waals surface area (Å²) in [5, 5.41) is 10.8. The maximum Gasteiger partial charge on any atom is 0.337 e. The molecule has 2 aromatic carbocycles. The van der Waals surface area contributed by atoms with E-state index in [2.05, 4.69) is 0 Å². The Bertz CT molecular complexity index is 836. The standard InChI is InChI=1S/C17H14ClNO2/c1-11-6-7-12(15(18)8-11)9-19-10-14(17(20)21)13-4-2-3-5-16(13)19/h2-8,10H,9H2,1H3,(H,20,21). The van der Waals surface area contributed by atoms with Gasteiger partial charge < -0.3 is 9.67 Å². The quantitative estimate of drug-likeness (QED) is 0.781. The molecule has 0 aliphatic carbocycles. The molecule has 0 unspecified atom stereocenters. The van der Waals surface area contributed by atoms with Gasteiger partial charge in [0, 0.05) is 28.7 Å². The Morgan fingerprint density at radius 1 is 1.24 bits per heavy atom. The number of rotatable bonds is 3. The molecule has 0 aliphatic rings. The van der Waals surface area contributed by atoms with Gasteiger partial charge in [-0.25, -0.2) is 4.79 Å². The highest BCUT2D eigenvalue weighted by Gasteiger charge is 2.14. The predicted octanol–water partition coefficient (Wildman–Crippen LogP) is 4.35. The first-order chi connectivity index (χ1) is 10.1. The Morgan fingerprint density at radius 3 is 2.71 bits per heavy atom. The highest BCUT2D eigenvalue weighted by molar-refractivity contribution is 6.31. The molecule has 21 heavy (non-hydrogen) atoms. The Kier molecular flexibility index (Phi) is 3.43. The Labute approximate surface area is 127 Å². The third-order valence-electron chi connectivity index (χ3n) is 3.57. The van der Waals surface area contributed by atoms with Gasteiger partial charge in [0.1, 0.15) is 0 Å². The van der Waals surface area contributed by atoms with Gasteiger partial charge in [0.05, 0.1) is 5.56 Å². The van der Waals surface area contributed by atoms with Crippen molar-refractivity contribution in [3.05, 3.63) is 70.4 Å². The zero-order chi connectivity index (χ0) is 15.0. The Morgan fingerprint density at radius 2 is 2.00 bits per heavy atom. The van der Waals surface area contributed by atoms with Crippen molar-refractivity contribution in [3.63, 3.8) is 0 Å². The topological polar surface area (TPSA) is 42.2 Å². The van der Waals surface area contributed by atoms with Crippen molar-refractivity contribution in [1.82, 2.24) is 4.57 Å². The SMILES string of the molecule is Cc1ccc(Cn2cc(C(=O)O)c3ccccc32)c(Cl)c1. The maximum absolute atomic E-state index is 11.4. The van der Waals surface area contributed by atoms with Gasteiger partial charge in [-0.2, -0.15) is 0 Å². The second-order valence-corrected chi connectivity index (χ2v) is 5.50. The summed E-state index contributed by atoms with van der Waals surface area (Å²) in [7, 11) is 0. The predicted molar refractivity (Wildman–Crippen MR) is 84.2 cm³/mol. The number of carbonyl (C=O) groups is 1. The van der Waals surface area contributed by atoms with Crippen LogP contribution in [0.2, 0.25) is 5.02 Å². The number of hydrogen-bond donors (Lipinski definition) is 1. The van der Waals surface area contributed by atoms with Crippen LogP contribution in [0.3, 0.4) is 0 Å². The van der Waals surface area contributed by atoms with E-state index in [0.29, 0.717) is 17.1 Å². The smallest absolute Gasteiger partial charge is 0.337 e. The molecule has 0 spiro atoms. The molecule has 0 atom stereocenters. The maximum atomic E-state index is 11.4. The summed E-state index contributed by atoms with van der Waals surface area (Å²) in [6.07, 6.45) is 1.67. The van der Waals surface area contributed by atoms with Crippen LogP contribution in [0.1, 0.15) is 21.5 Å². The molecule has 0 saturated carbocycles. The van der Waals surface area contributed by atoms with Gasteiger partial charge in [0.15, 0.2) is 0 Å². The highest BCUT2D eigenvalue weighted by Crippen LogP contribution is 2.25. The van der Waals surface area contributed by atoms with Crippen molar-refractivity contribution < 1.29 is 9.90 Å². The normalized spacial score (nSPS) is 11.0. The molecule has 3 nitrogen and oxygen atoms in total. The number of aromatic nitrogens is 1. The number of carboxylic acid groups (broad SMARTS) is 1. The molecule has 106 valence electrons. The van der Waals surface area contributed by atoms with Crippen LogP contribution in [0.4, 0.5) is 0 Å². The van der Waals surface area contributed by atoms with Gasteiger partial charge in [-0.05, 0) is 30.2 Å². The van der Waals surface area contributed by atoms with Crippen LogP contribution in [-0.2, 0) is 6.54 Å². The lowest BCUT2D eigenvalue weighted by Crippen LogP contribution is -1.99. The van der Waals surface area contributed by atoms with Crippen molar-refractivity contribution in [1.29, 1.82) is 0 Å².